The van der Waals surface area contributed by atoms with E-state index in [1.165, 1.54) is 38.2 Å². The smallest absolute Gasteiger partial charge is 0.261 e. The predicted molar refractivity (Wildman–Crippen MR) is 147 cm³/mol. The van der Waals surface area contributed by atoms with Gasteiger partial charge in [-0.15, -0.1) is 0 Å². The van der Waals surface area contributed by atoms with Crippen LogP contribution in [0.25, 0.3) is 0 Å². The summed E-state index contributed by atoms with van der Waals surface area (Å²) in [6.45, 7) is 0.929. The molecule has 9 heteroatoms. The Morgan fingerprint density at radius 2 is 1.44 bits per heavy atom. The fourth-order valence-corrected chi connectivity index (χ4v) is 4.70. The van der Waals surface area contributed by atoms with Crippen molar-refractivity contribution >= 4 is 57.6 Å². The molecule has 4 rings (SSSR count). The molecular formula is C27H27ClF2N4OS. The summed E-state index contributed by atoms with van der Waals surface area (Å²) in [5, 5.41) is 13.1. The third kappa shape index (κ3) is 6.92. The minimum absolute atomic E-state index is 0.360. The third-order valence-electron chi connectivity index (χ3n) is 6.12. The van der Waals surface area contributed by atoms with E-state index in [9.17, 15) is 13.6 Å². The van der Waals surface area contributed by atoms with E-state index in [-0.39, 0.29) is 0 Å². The maximum absolute atomic E-state index is 13.8. The van der Waals surface area contributed by atoms with Crippen molar-refractivity contribution in [2.24, 2.45) is 5.92 Å². The van der Waals surface area contributed by atoms with Crippen LogP contribution in [0, 0.1) is 17.6 Å². The predicted octanol–water partition coefficient (Wildman–Crippen LogP) is 7.67. The second-order valence-corrected chi connectivity index (χ2v) is 9.60. The van der Waals surface area contributed by atoms with Crippen molar-refractivity contribution in [2.75, 3.05) is 27.8 Å². The molecule has 0 unspecified atom stereocenters. The van der Waals surface area contributed by atoms with E-state index in [2.05, 4.69) is 21.3 Å². The standard InChI is InChI=1S/C27H27ClF2N4OS/c28-21-15-20(13-14-24(21)31-16-17-5-2-1-3-6-17)34-27(36)33-19-11-9-18(10-12-19)32-26(35)25-22(29)7-4-8-23(25)30/h4,7-15,17,31H,1-3,5-6,16H2,(H,32,35)(H2,33,34,36). The lowest BCUT2D eigenvalue weighted by atomic mass is 9.89. The first-order valence-electron chi connectivity index (χ1n) is 11.9. The van der Waals surface area contributed by atoms with Crippen LogP contribution >= 0.6 is 23.8 Å². The summed E-state index contributed by atoms with van der Waals surface area (Å²) >= 11 is 11.9. The van der Waals surface area contributed by atoms with Gasteiger partial charge in [-0.2, -0.15) is 0 Å². The quantitative estimate of drug-likeness (QED) is 0.237. The molecule has 3 aromatic carbocycles. The van der Waals surface area contributed by atoms with Crippen LogP contribution in [-0.4, -0.2) is 17.6 Å². The van der Waals surface area contributed by atoms with Crippen molar-refractivity contribution in [3.8, 4) is 0 Å². The molecule has 0 spiro atoms. The molecular weight excluding hydrogens is 502 g/mol. The Kier molecular flexibility index (Phi) is 8.72. The molecule has 1 amide bonds. The Morgan fingerprint density at radius 3 is 2.08 bits per heavy atom. The Morgan fingerprint density at radius 1 is 0.861 bits per heavy atom. The van der Waals surface area contributed by atoms with Gasteiger partial charge in [0.05, 0.1) is 10.7 Å². The van der Waals surface area contributed by atoms with E-state index in [4.69, 9.17) is 23.8 Å². The van der Waals surface area contributed by atoms with Gasteiger partial charge in [-0.25, -0.2) is 8.78 Å². The Labute approximate surface area is 219 Å². The van der Waals surface area contributed by atoms with Gasteiger partial charge in [0.1, 0.15) is 17.2 Å². The normalized spacial score (nSPS) is 13.6. The molecule has 1 aliphatic carbocycles. The summed E-state index contributed by atoms with van der Waals surface area (Å²) in [6, 6.07) is 15.5. The number of hydrogen-bond acceptors (Lipinski definition) is 3. The number of rotatable bonds is 7. The fraction of sp³-hybridized carbons (Fsp3) is 0.259. The first-order valence-corrected chi connectivity index (χ1v) is 12.6. The summed E-state index contributed by atoms with van der Waals surface area (Å²) in [5.74, 6) is -2.01. The summed E-state index contributed by atoms with van der Waals surface area (Å²) in [6.07, 6.45) is 6.48. The van der Waals surface area contributed by atoms with Crippen molar-refractivity contribution in [3.63, 3.8) is 0 Å². The van der Waals surface area contributed by atoms with Crippen molar-refractivity contribution in [1.82, 2.24) is 0 Å². The van der Waals surface area contributed by atoms with E-state index >= 15 is 0 Å². The van der Waals surface area contributed by atoms with Gasteiger partial charge in [0, 0.05) is 23.6 Å². The summed E-state index contributed by atoms with van der Waals surface area (Å²) < 4.78 is 27.6. The first-order chi connectivity index (χ1) is 17.4. The average molecular weight is 529 g/mol. The molecule has 188 valence electrons. The lowest BCUT2D eigenvalue weighted by molar-refractivity contribution is 0.101. The molecule has 1 saturated carbocycles. The van der Waals surface area contributed by atoms with Crippen molar-refractivity contribution in [2.45, 2.75) is 32.1 Å². The molecule has 1 aliphatic rings. The van der Waals surface area contributed by atoms with E-state index < -0.39 is 23.1 Å². The molecule has 0 bridgehead atoms. The third-order valence-corrected chi connectivity index (χ3v) is 6.64. The lowest BCUT2D eigenvalue weighted by Crippen LogP contribution is -2.19. The van der Waals surface area contributed by atoms with Crippen LogP contribution in [0.3, 0.4) is 0 Å². The number of anilines is 4. The van der Waals surface area contributed by atoms with Crippen molar-refractivity contribution in [1.29, 1.82) is 0 Å². The first kappa shape index (κ1) is 25.9. The van der Waals surface area contributed by atoms with Crippen LogP contribution in [0.1, 0.15) is 42.5 Å². The number of carbonyl (C=O) groups excluding carboxylic acids is 1. The Bertz CT molecular complexity index is 1210. The topological polar surface area (TPSA) is 65.2 Å². The largest absolute Gasteiger partial charge is 0.384 e. The number of amides is 1. The van der Waals surface area contributed by atoms with E-state index in [1.807, 2.05) is 18.2 Å². The highest BCUT2D eigenvalue weighted by Gasteiger charge is 2.17. The molecule has 0 aromatic heterocycles. The van der Waals surface area contributed by atoms with Gasteiger partial charge in [0.25, 0.3) is 5.91 Å². The van der Waals surface area contributed by atoms with E-state index in [1.54, 1.807) is 24.3 Å². The van der Waals surface area contributed by atoms with E-state index in [0.29, 0.717) is 27.4 Å². The molecule has 0 radical (unpaired) electrons. The van der Waals surface area contributed by atoms with Crippen LogP contribution in [0.15, 0.2) is 60.7 Å². The lowest BCUT2D eigenvalue weighted by Gasteiger charge is -2.22. The zero-order chi connectivity index (χ0) is 25.5. The fourth-order valence-electron chi connectivity index (χ4n) is 4.22. The average Bonchev–Trinajstić information content (AvgIpc) is 2.85. The minimum Gasteiger partial charge on any atom is -0.384 e. The monoisotopic (exact) mass is 528 g/mol. The summed E-state index contributed by atoms with van der Waals surface area (Å²) in [7, 11) is 0. The molecule has 0 saturated heterocycles. The Hall–Kier alpha value is -3.23. The number of carbonyl (C=O) groups is 1. The van der Waals surface area contributed by atoms with Crippen LogP contribution in [0.2, 0.25) is 5.02 Å². The van der Waals surface area contributed by atoms with Crippen molar-refractivity contribution < 1.29 is 13.6 Å². The summed E-state index contributed by atoms with van der Waals surface area (Å²) in [5.41, 5.74) is 2.07. The van der Waals surface area contributed by atoms with Crippen LogP contribution < -0.4 is 21.3 Å². The van der Waals surface area contributed by atoms with Gasteiger partial charge in [0.2, 0.25) is 0 Å². The van der Waals surface area contributed by atoms with E-state index in [0.717, 1.165) is 30.1 Å². The molecule has 5 nitrogen and oxygen atoms in total. The second kappa shape index (κ2) is 12.1. The molecule has 1 fully saturated rings. The number of nitrogens with one attached hydrogen (secondary N) is 4. The zero-order valence-electron chi connectivity index (χ0n) is 19.5. The molecule has 4 N–H and O–H groups in total. The zero-order valence-corrected chi connectivity index (χ0v) is 21.1. The van der Waals surface area contributed by atoms with Gasteiger partial charge < -0.3 is 21.3 Å². The number of halogens is 3. The summed E-state index contributed by atoms with van der Waals surface area (Å²) in [4.78, 5) is 12.2. The van der Waals surface area contributed by atoms with Crippen LogP contribution in [0.5, 0.6) is 0 Å². The van der Waals surface area contributed by atoms with Crippen LogP contribution in [0.4, 0.5) is 31.5 Å². The van der Waals surface area contributed by atoms with Gasteiger partial charge in [0.15, 0.2) is 5.11 Å². The highest BCUT2D eigenvalue weighted by Crippen LogP contribution is 2.28. The highest BCUT2D eigenvalue weighted by atomic mass is 35.5. The molecule has 3 aromatic rings. The maximum atomic E-state index is 13.8. The number of thiocarbonyl (C=S) groups is 1. The highest BCUT2D eigenvalue weighted by molar-refractivity contribution is 7.80. The SMILES string of the molecule is O=C(Nc1ccc(NC(=S)Nc2ccc(NCC3CCCCC3)c(Cl)c2)cc1)c1c(F)cccc1F. The van der Waals surface area contributed by atoms with Crippen LogP contribution in [-0.2, 0) is 0 Å². The van der Waals surface area contributed by atoms with Gasteiger partial charge in [-0.1, -0.05) is 36.9 Å². The maximum Gasteiger partial charge on any atom is 0.261 e. The number of hydrogen-bond donors (Lipinski definition) is 4. The van der Waals surface area contributed by atoms with Gasteiger partial charge in [-0.3, -0.25) is 4.79 Å². The molecule has 0 heterocycles. The molecule has 36 heavy (non-hydrogen) atoms. The molecule has 0 atom stereocenters. The van der Waals surface area contributed by atoms with Gasteiger partial charge in [-0.05, 0) is 85.6 Å². The number of benzene rings is 3. The Balaban J connectivity index is 1.28. The minimum atomic E-state index is -0.921. The second-order valence-electron chi connectivity index (χ2n) is 8.79. The van der Waals surface area contributed by atoms with Gasteiger partial charge >= 0.3 is 0 Å². The van der Waals surface area contributed by atoms with Crippen molar-refractivity contribution in [3.05, 3.63) is 82.9 Å². The molecule has 0 aliphatic heterocycles.